The zero-order valence-electron chi connectivity index (χ0n) is 15.6. The first kappa shape index (κ1) is 28.5. The van der Waals surface area contributed by atoms with Crippen LogP contribution >= 0.6 is 23.5 Å². The van der Waals surface area contributed by atoms with Crippen LogP contribution in [0.5, 0.6) is 0 Å². The van der Waals surface area contributed by atoms with E-state index in [4.69, 9.17) is 19.4 Å². The number of hydrogen-bond donors (Lipinski definition) is 7. The molecule has 0 aliphatic heterocycles. The minimum atomic E-state index is -5.89. The van der Waals surface area contributed by atoms with Crippen molar-refractivity contribution in [2.75, 3.05) is 13.3 Å². The maximum absolute atomic E-state index is 13.8. The summed E-state index contributed by atoms with van der Waals surface area (Å²) in [5.74, 6) is -1.13. The van der Waals surface area contributed by atoms with Gasteiger partial charge in [0.05, 0.1) is 6.61 Å². The third-order valence-electron chi connectivity index (χ3n) is 3.32. The molecule has 0 saturated heterocycles. The Morgan fingerprint density at radius 3 is 2.25 bits per heavy atom. The van der Waals surface area contributed by atoms with E-state index in [1.165, 1.54) is 0 Å². The molecule has 17 nitrogen and oxygen atoms in total. The van der Waals surface area contributed by atoms with Crippen molar-refractivity contribution >= 4 is 23.5 Å². The van der Waals surface area contributed by atoms with Gasteiger partial charge in [0.1, 0.15) is 25.3 Å². The lowest BCUT2D eigenvalue weighted by Gasteiger charge is -2.35. The van der Waals surface area contributed by atoms with Crippen LogP contribution in [-0.4, -0.2) is 64.3 Å². The minimum absolute atomic E-state index is 0.642. The van der Waals surface area contributed by atoms with Crippen LogP contribution in [0, 0.1) is 0 Å². The molecule has 1 rings (SSSR count). The fourth-order valence-electron chi connectivity index (χ4n) is 1.89. The summed E-state index contributed by atoms with van der Waals surface area (Å²) in [4.78, 5) is 60.1. The average Bonchev–Trinajstić information content (AvgIpc) is 2.60. The van der Waals surface area contributed by atoms with Gasteiger partial charge in [0.25, 0.3) is 5.56 Å². The summed E-state index contributed by atoms with van der Waals surface area (Å²) in [6.07, 6.45) is -1.48. The molecule has 0 radical (unpaired) electrons. The Bertz CT molecular complexity index is 1080. The second-order valence-corrected chi connectivity index (χ2v) is 10.2. The Balaban J connectivity index is 3.10. The molecule has 0 fully saturated rings. The summed E-state index contributed by atoms with van der Waals surface area (Å²) in [5.41, 5.74) is -4.62. The molecule has 184 valence electrons. The molecule has 0 saturated carbocycles. The van der Waals surface area contributed by atoms with Crippen molar-refractivity contribution in [3.63, 3.8) is 0 Å². The van der Waals surface area contributed by atoms with Gasteiger partial charge in [0.2, 0.25) is 0 Å². The highest BCUT2D eigenvalue weighted by Gasteiger charge is 2.47. The van der Waals surface area contributed by atoms with Gasteiger partial charge in [-0.2, -0.15) is 8.62 Å². The first-order valence-electron chi connectivity index (χ1n) is 7.76. The van der Waals surface area contributed by atoms with Crippen LogP contribution in [0.3, 0.4) is 0 Å². The molecule has 0 spiro atoms. The molecule has 2 unspecified atom stereocenters. The monoisotopic (exact) mass is 530 g/mol. The lowest BCUT2D eigenvalue weighted by molar-refractivity contribution is -0.171. The van der Waals surface area contributed by atoms with Crippen molar-refractivity contribution in [1.29, 1.82) is 0 Å². The molecule has 0 bridgehead atoms. The molecular formula is C11H18FN2O15P3. The lowest BCUT2D eigenvalue weighted by atomic mass is 9.98. The number of halogens is 1. The topological polar surface area (TPSA) is 264 Å². The smallest absolute Gasteiger partial charge is 0.490 e. The summed E-state index contributed by atoms with van der Waals surface area (Å²) < 4.78 is 64.5. The van der Waals surface area contributed by atoms with E-state index in [1.807, 2.05) is 4.98 Å². The first-order valence-corrected chi connectivity index (χ1v) is 12.3. The number of aromatic nitrogens is 2. The average molecular weight is 530 g/mol. The molecule has 0 aliphatic carbocycles. The second-order valence-electron chi connectivity index (χ2n) is 5.81. The third-order valence-corrected chi connectivity index (χ3v) is 7.10. The van der Waals surface area contributed by atoms with E-state index in [2.05, 4.69) is 19.7 Å². The predicted octanol–water partition coefficient (Wildman–Crippen LogP) is -1.01. The fourth-order valence-corrected chi connectivity index (χ4v) is 4.97. The van der Waals surface area contributed by atoms with Gasteiger partial charge in [-0.25, -0.2) is 22.9 Å². The molecule has 1 heterocycles. The number of alkyl halides is 1. The molecule has 0 aliphatic rings. The number of aliphatic hydroxyl groups excluding tert-OH is 2. The molecule has 0 amide bonds. The van der Waals surface area contributed by atoms with E-state index < -0.39 is 72.2 Å². The van der Waals surface area contributed by atoms with Crippen LogP contribution in [0.25, 0.3) is 0 Å². The predicted molar refractivity (Wildman–Crippen MR) is 98.7 cm³/mol. The number of phosphoric acid groups is 3. The molecule has 1 aromatic heterocycles. The van der Waals surface area contributed by atoms with E-state index in [-0.39, 0.29) is 0 Å². The maximum atomic E-state index is 13.8. The van der Waals surface area contributed by atoms with E-state index in [0.29, 0.717) is 4.57 Å². The van der Waals surface area contributed by atoms with Gasteiger partial charge in [-0.1, -0.05) is 6.58 Å². The zero-order chi connectivity index (χ0) is 25.0. The third kappa shape index (κ3) is 8.78. The van der Waals surface area contributed by atoms with Crippen molar-refractivity contribution in [3.05, 3.63) is 45.4 Å². The van der Waals surface area contributed by atoms with Crippen molar-refractivity contribution in [1.82, 2.24) is 9.55 Å². The van der Waals surface area contributed by atoms with Crippen LogP contribution in [0.1, 0.15) is 0 Å². The Morgan fingerprint density at radius 2 is 1.78 bits per heavy atom. The lowest BCUT2D eigenvalue weighted by Crippen LogP contribution is -2.52. The Hall–Kier alpha value is -1.52. The van der Waals surface area contributed by atoms with E-state index in [1.54, 1.807) is 0 Å². The summed E-state index contributed by atoms with van der Waals surface area (Å²) in [5, 5.41) is 19.4. The van der Waals surface area contributed by atoms with Gasteiger partial charge < -0.3 is 34.5 Å². The summed E-state index contributed by atoms with van der Waals surface area (Å²) >= 11 is 0. The van der Waals surface area contributed by atoms with Gasteiger partial charge >= 0.3 is 29.2 Å². The minimum Gasteiger partial charge on any atom is -0.510 e. The highest BCUT2D eigenvalue weighted by Crippen LogP contribution is 2.66. The largest absolute Gasteiger partial charge is 0.510 e. The van der Waals surface area contributed by atoms with Crippen LogP contribution < -0.4 is 11.2 Å². The van der Waals surface area contributed by atoms with Crippen molar-refractivity contribution in [2.24, 2.45) is 0 Å². The quantitative estimate of drug-likeness (QED) is 0.119. The number of aliphatic hydroxyl groups is 2. The molecular weight excluding hydrogens is 512 g/mol. The van der Waals surface area contributed by atoms with Gasteiger partial charge in [0.15, 0.2) is 5.60 Å². The summed E-state index contributed by atoms with van der Waals surface area (Å²) in [6, 6.07) is 0.870. The van der Waals surface area contributed by atoms with Crippen molar-refractivity contribution in [2.45, 2.75) is 18.4 Å². The van der Waals surface area contributed by atoms with Gasteiger partial charge in [0, 0.05) is 12.3 Å². The zero-order valence-corrected chi connectivity index (χ0v) is 18.3. The number of aromatic amines is 1. The highest BCUT2D eigenvalue weighted by molar-refractivity contribution is 7.66. The summed E-state index contributed by atoms with van der Waals surface area (Å²) in [7, 11) is -17.3. The first-order chi connectivity index (χ1) is 14.4. The molecule has 1 aromatic rings. The SMILES string of the molecule is C=C(O)[C@H](O)[C@@](CF)(COP(=O)(O)OP(=O)(O)OP(=O)(O)O)OCn1ccc(=O)[nH]c1=O. The van der Waals surface area contributed by atoms with Crippen molar-refractivity contribution in [3.8, 4) is 0 Å². The molecule has 0 aromatic carbocycles. The molecule has 21 heteroatoms. The van der Waals surface area contributed by atoms with Gasteiger partial charge in [-0.05, 0) is 0 Å². The van der Waals surface area contributed by atoms with Crippen molar-refractivity contribution < 1.29 is 65.8 Å². The normalized spacial score (nSPS) is 18.8. The number of H-pyrrole nitrogens is 1. The van der Waals surface area contributed by atoms with Crippen LogP contribution in [0.2, 0.25) is 0 Å². The van der Waals surface area contributed by atoms with E-state index >= 15 is 0 Å². The maximum Gasteiger partial charge on any atom is 0.490 e. The Kier molecular flexibility index (Phi) is 9.45. The second kappa shape index (κ2) is 10.6. The summed E-state index contributed by atoms with van der Waals surface area (Å²) in [6.45, 7) is -1.31. The Labute approximate surface area is 176 Å². The van der Waals surface area contributed by atoms with Crippen LogP contribution in [0.15, 0.2) is 34.2 Å². The molecule has 7 N–H and O–H groups in total. The van der Waals surface area contributed by atoms with Crippen LogP contribution in [0.4, 0.5) is 4.39 Å². The van der Waals surface area contributed by atoms with Crippen LogP contribution in [-0.2, 0) is 38.3 Å². The van der Waals surface area contributed by atoms with Gasteiger partial charge in [-0.15, -0.1) is 0 Å². The number of nitrogens with zero attached hydrogens (tertiary/aromatic N) is 1. The fraction of sp³-hybridized carbons (Fsp3) is 0.455. The number of phosphoric ester groups is 1. The molecule has 32 heavy (non-hydrogen) atoms. The van der Waals surface area contributed by atoms with E-state index in [0.717, 1.165) is 12.3 Å². The highest BCUT2D eigenvalue weighted by atomic mass is 31.3. The standard InChI is InChI=1S/C11H18FN2O15P3/c1-7(15)9(17)11(4-12,26-6-14-3-2-8(16)13-10(14)18)5-27-31(22,23)29-32(24,25)28-30(19,20)21/h2-3,9,15,17H,1,4-6H2,(H,22,23)(H,24,25)(H,13,16,18)(H2,19,20,21)/t9-,11+/m0/s1. The number of hydrogen-bond acceptors (Lipinski definition) is 11. The van der Waals surface area contributed by atoms with E-state index in [9.17, 15) is 42.8 Å². The Morgan fingerprint density at radius 1 is 1.19 bits per heavy atom. The molecule has 4 atom stereocenters. The van der Waals surface area contributed by atoms with Gasteiger partial charge in [-0.3, -0.25) is 18.9 Å². The number of nitrogens with one attached hydrogen (secondary N) is 1. The number of rotatable bonds is 13. The number of ether oxygens (including phenoxy) is 1.